The number of hydrogen-bond acceptors (Lipinski definition) is 2. The molecule has 21 heavy (non-hydrogen) atoms. The third-order valence-corrected chi connectivity index (χ3v) is 5.50. The number of nitrogens with zero attached hydrogens (tertiary/aromatic N) is 1. The number of amides is 2. The van der Waals surface area contributed by atoms with E-state index in [1.165, 1.54) is 31.2 Å². The Morgan fingerprint density at radius 3 is 2.95 bits per heavy atom. The predicted molar refractivity (Wildman–Crippen MR) is 83.6 cm³/mol. The average Bonchev–Trinajstić information content (AvgIpc) is 3.22. The second kappa shape index (κ2) is 5.02. The van der Waals surface area contributed by atoms with Gasteiger partial charge in [-0.1, -0.05) is 31.0 Å². The second-order valence-corrected chi connectivity index (χ2v) is 6.61. The summed E-state index contributed by atoms with van der Waals surface area (Å²) in [7, 11) is 0. The van der Waals surface area contributed by atoms with Crippen molar-refractivity contribution in [3.8, 4) is 0 Å². The van der Waals surface area contributed by atoms with Crippen LogP contribution in [0, 0.1) is 0 Å². The molecule has 0 radical (unpaired) electrons. The second-order valence-electron chi connectivity index (χ2n) is 6.61. The maximum Gasteiger partial charge on any atom is 0.322 e. The van der Waals surface area contributed by atoms with Crippen LogP contribution in [0.15, 0.2) is 24.3 Å². The van der Waals surface area contributed by atoms with Gasteiger partial charge in [-0.3, -0.25) is 4.90 Å². The molecule has 1 aliphatic carbocycles. The molecule has 112 valence electrons. The number of fused-ring (bicyclic) bond motifs is 1. The molecule has 2 N–H and O–H groups in total. The van der Waals surface area contributed by atoms with Crippen LogP contribution in [-0.4, -0.2) is 30.7 Å². The molecule has 0 bridgehead atoms. The minimum Gasteiger partial charge on any atom is -0.333 e. The van der Waals surface area contributed by atoms with Gasteiger partial charge in [-0.25, -0.2) is 4.79 Å². The van der Waals surface area contributed by atoms with Crippen molar-refractivity contribution in [3.63, 3.8) is 0 Å². The minimum absolute atomic E-state index is 0.0833. The first-order valence-corrected chi connectivity index (χ1v) is 8.19. The Morgan fingerprint density at radius 2 is 2.10 bits per heavy atom. The van der Waals surface area contributed by atoms with Crippen molar-refractivity contribution in [1.29, 1.82) is 0 Å². The van der Waals surface area contributed by atoms with Crippen LogP contribution in [0.2, 0.25) is 0 Å². The van der Waals surface area contributed by atoms with E-state index in [0.717, 1.165) is 31.6 Å². The molecule has 4 heteroatoms. The molecular weight excluding hydrogens is 262 g/mol. The lowest BCUT2D eigenvalue weighted by atomic mass is 9.90. The van der Waals surface area contributed by atoms with Crippen LogP contribution in [0.5, 0.6) is 0 Å². The molecule has 1 unspecified atom stereocenters. The van der Waals surface area contributed by atoms with Crippen LogP contribution in [0.25, 0.3) is 0 Å². The van der Waals surface area contributed by atoms with Crippen molar-refractivity contribution in [1.82, 2.24) is 10.6 Å². The Balaban J connectivity index is 1.49. The summed E-state index contributed by atoms with van der Waals surface area (Å²) >= 11 is 0. The molecular formula is C17H23N3O. The Kier molecular flexibility index (Phi) is 3.14. The summed E-state index contributed by atoms with van der Waals surface area (Å²) in [6, 6.07) is 8.62. The summed E-state index contributed by atoms with van der Waals surface area (Å²) < 4.78 is 0. The highest BCUT2D eigenvalue weighted by molar-refractivity contribution is 5.94. The van der Waals surface area contributed by atoms with Gasteiger partial charge in [-0.15, -0.1) is 0 Å². The van der Waals surface area contributed by atoms with Crippen LogP contribution in [0.1, 0.15) is 37.7 Å². The number of carbonyl (C=O) groups excluding carboxylic acids is 1. The van der Waals surface area contributed by atoms with Crippen molar-refractivity contribution in [2.45, 2.75) is 50.1 Å². The number of benzene rings is 1. The van der Waals surface area contributed by atoms with Gasteiger partial charge in [0.1, 0.15) is 0 Å². The summed E-state index contributed by atoms with van der Waals surface area (Å²) in [6.45, 7) is 1.83. The van der Waals surface area contributed by atoms with Gasteiger partial charge in [-0.2, -0.15) is 0 Å². The number of rotatable bonds is 1. The van der Waals surface area contributed by atoms with Crippen LogP contribution < -0.4 is 15.5 Å². The molecule has 2 fully saturated rings. The Hall–Kier alpha value is -1.55. The molecule has 1 saturated carbocycles. The lowest BCUT2D eigenvalue weighted by molar-refractivity contribution is 0.232. The van der Waals surface area contributed by atoms with E-state index < -0.39 is 0 Å². The van der Waals surface area contributed by atoms with Crippen molar-refractivity contribution in [3.05, 3.63) is 29.8 Å². The summed E-state index contributed by atoms with van der Waals surface area (Å²) in [5.41, 5.74) is 2.55. The number of anilines is 1. The van der Waals surface area contributed by atoms with E-state index in [1.54, 1.807) is 0 Å². The van der Waals surface area contributed by atoms with Gasteiger partial charge in [0.15, 0.2) is 0 Å². The van der Waals surface area contributed by atoms with E-state index in [-0.39, 0.29) is 11.6 Å². The Bertz CT molecular complexity index is 545. The minimum atomic E-state index is 0.0833. The molecule has 1 aromatic rings. The molecule has 4 nitrogen and oxygen atoms in total. The van der Waals surface area contributed by atoms with Gasteiger partial charge in [0.2, 0.25) is 0 Å². The first-order valence-electron chi connectivity index (χ1n) is 8.19. The summed E-state index contributed by atoms with van der Waals surface area (Å²) in [5, 5.41) is 6.98. The fourth-order valence-electron chi connectivity index (χ4n) is 4.38. The zero-order valence-corrected chi connectivity index (χ0v) is 12.4. The molecule has 2 heterocycles. The molecule has 1 saturated heterocycles. The summed E-state index contributed by atoms with van der Waals surface area (Å²) in [4.78, 5) is 14.6. The van der Waals surface area contributed by atoms with Gasteiger partial charge in [0.25, 0.3) is 0 Å². The summed E-state index contributed by atoms with van der Waals surface area (Å²) in [5.74, 6) is 0. The van der Waals surface area contributed by atoms with Crippen LogP contribution in [-0.2, 0) is 6.42 Å². The third-order valence-electron chi connectivity index (χ3n) is 5.50. The monoisotopic (exact) mass is 285 g/mol. The average molecular weight is 285 g/mol. The highest BCUT2D eigenvalue weighted by atomic mass is 16.2. The molecule has 2 amide bonds. The molecule has 1 atom stereocenters. The maximum atomic E-state index is 12.7. The standard InChI is InChI=1S/C17H23N3O/c21-16(20-12-8-13-5-1-2-6-14(13)20)19-15-7-11-18-17(15)9-3-4-10-17/h1-2,5-6,15,18H,3-4,7-12H2,(H,19,21). The van der Waals surface area contributed by atoms with Gasteiger partial charge < -0.3 is 10.6 Å². The first-order chi connectivity index (χ1) is 10.3. The molecule has 1 spiro atoms. The van der Waals surface area contributed by atoms with Crippen LogP contribution in [0.3, 0.4) is 0 Å². The highest BCUT2D eigenvalue weighted by Gasteiger charge is 2.45. The van der Waals surface area contributed by atoms with E-state index in [2.05, 4.69) is 28.8 Å². The van der Waals surface area contributed by atoms with E-state index in [1.807, 2.05) is 11.0 Å². The number of nitrogens with one attached hydrogen (secondary N) is 2. The van der Waals surface area contributed by atoms with Crippen LogP contribution in [0.4, 0.5) is 10.5 Å². The Morgan fingerprint density at radius 1 is 1.29 bits per heavy atom. The zero-order chi connectivity index (χ0) is 14.3. The quantitative estimate of drug-likeness (QED) is 0.832. The van der Waals surface area contributed by atoms with Crippen molar-refractivity contribution >= 4 is 11.7 Å². The molecule has 0 aromatic heterocycles. The third kappa shape index (κ3) is 2.13. The fourth-order valence-corrected chi connectivity index (χ4v) is 4.38. The number of hydrogen-bond donors (Lipinski definition) is 2. The van der Waals surface area contributed by atoms with Gasteiger partial charge in [-0.05, 0) is 43.9 Å². The van der Waals surface area contributed by atoms with Gasteiger partial charge >= 0.3 is 6.03 Å². The van der Waals surface area contributed by atoms with Crippen LogP contribution >= 0.6 is 0 Å². The molecule has 3 aliphatic rings. The lowest BCUT2D eigenvalue weighted by Gasteiger charge is -2.33. The van der Waals surface area contributed by atoms with E-state index in [9.17, 15) is 4.79 Å². The molecule has 1 aromatic carbocycles. The largest absolute Gasteiger partial charge is 0.333 e. The zero-order valence-electron chi connectivity index (χ0n) is 12.4. The van der Waals surface area contributed by atoms with E-state index in [4.69, 9.17) is 0 Å². The molecule has 2 aliphatic heterocycles. The Labute approximate surface area is 125 Å². The summed E-state index contributed by atoms with van der Waals surface area (Å²) in [6.07, 6.45) is 7.00. The maximum absolute atomic E-state index is 12.7. The van der Waals surface area contributed by atoms with Gasteiger partial charge in [0.05, 0.1) is 0 Å². The van der Waals surface area contributed by atoms with Crippen molar-refractivity contribution in [2.24, 2.45) is 0 Å². The van der Waals surface area contributed by atoms with E-state index >= 15 is 0 Å². The fraction of sp³-hybridized carbons (Fsp3) is 0.588. The van der Waals surface area contributed by atoms with Crippen molar-refractivity contribution in [2.75, 3.05) is 18.0 Å². The van der Waals surface area contributed by atoms with E-state index in [0.29, 0.717) is 6.04 Å². The number of urea groups is 1. The molecule has 4 rings (SSSR count). The van der Waals surface area contributed by atoms with Gasteiger partial charge in [0, 0.05) is 23.8 Å². The predicted octanol–water partition coefficient (Wildman–Crippen LogP) is 2.43. The van der Waals surface area contributed by atoms with Crippen molar-refractivity contribution < 1.29 is 4.79 Å². The topological polar surface area (TPSA) is 44.4 Å². The number of carbonyl (C=O) groups is 1. The normalized spacial score (nSPS) is 26.3. The first kappa shape index (κ1) is 13.1. The lowest BCUT2D eigenvalue weighted by Crippen LogP contribution is -2.55. The SMILES string of the molecule is O=C(NC1CCNC12CCCC2)N1CCc2ccccc21. The highest BCUT2D eigenvalue weighted by Crippen LogP contribution is 2.37. The smallest absolute Gasteiger partial charge is 0.322 e. The number of para-hydroxylation sites is 1.